The van der Waals surface area contributed by atoms with Crippen LogP contribution in [0.1, 0.15) is 36.5 Å². The van der Waals surface area contributed by atoms with Gasteiger partial charge in [0.1, 0.15) is 28.7 Å². The van der Waals surface area contributed by atoms with Gasteiger partial charge < -0.3 is 24.4 Å². The number of allylic oxidation sites excluding steroid dienone is 2. The summed E-state index contributed by atoms with van der Waals surface area (Å²) >= 11 is 0. The fourth-order valence-electron chi connectivity index (χ4n) is 3.51. The van der Waals surface area contributed by atoms with Crippen molar-refractivity contribution in [3.8, 4) is 28.7 Å². The van der Waals surface area contributed by atoms with E-state index in [9.17, 15) is 10.2 Å². The highest BCUT2D eigenvalue weighted by atomic mass is 16.5. The minimum atomic E-state index is 0.0581. The summed E-state index contributed by atoms with van der Waals surface area (Å²) in [6.45, 7) is 4.51. The van der Waals surface area contributed by atoms with E-state index in [1.807, 2.05) is 19.9 Å². The number of aromatic hydroxyl groups is 2. The maximum Gasteiger partial charge on any atom is 0.132 e. The lowest BCUT2D eigenvalue weighted by Crippen LogP contribution is -2.21. The number of benzene rings is 2. The molecule has 0 saturated carbocycles. The van der Waals surface area contributed by atoms with Crippen LogP contribution in [0, 0.1) is 0 Å². The molecule has 0 bridgehead atoms. The average Bonchev–Trinajstić information content (AvgIpc) is 2.65. The minimum absolute atomic E-state index is 0.0581. The molecule has 0 spiro atoms. The third-order valence-electron chi connectivity index (χ3n) is 4.89. The highest BCUT2D eigenvalue weighted by Crippen LogP contribution is 2.45. The van der Waals surface area contributed by atoms with Crippen LogP contribution in [0.5, 0.6) is 28.7 Å². The van der Waals surface area contributed by atoms with Gasteiger partial charge in [0.2, 0.25) is 0 Å². The summed E-state index contributed by atoms with van der Waals surface area (Å²) < 4.78 is 17.1. The molecule has 0 radical (unpaired) electrons. The minimum Gasteiger partial charge on any atom is -0.508 e. The van der Waals surface area contributed by atoms with Gasteiger partial charge in [-0.05, 0) is 32.8 Å². The molecule has 0 fully saturated rings. The van der Waals surface area contributed by atoms with E-state index in [4.69, 9.17) is 14.2 Å². The first kappa shape index (κ1) is 19.0. The smallest absolute Gasteiger partial charge is 0.132 e. The highest BCUT2D eigenvalue weighted by molar-refractivity contribution is 5.59. The van der Waals surface area contributed by atoms with Gasteiger partial charge in [0.15, 0.2) is 0 Å². The van der Waals surface area contributed by atoms with Gasteiger partial charge in [0.25, 0.3) is 0 Å². The van der Waals surface area contributed by atoms with Crippen molar-refractivity contribution < 1.29 is 24.4 Å². The topological polar surface area (TPSA) is 68.2 Å². The molecule has 2 N–H and O–H groups in total. The number of phenols is 2. The van der Waals surface area contributed by atoms with Crippen LogP contribution in [0.3, 0.4) is 0 Å². The quantitative estimate of drug-likeness (QED) is 0.766. The van der Waals surface area contributed by atoms with E-state index in [-0.39, 0.29) is 17.4 Å². The van der Waals surface area contributed by atoms with Crippen LogP contribution in [-0.4, -0.2) is 31.0 Å². The van der Waals surface area contributed by atoms with Crippen molar-refractivity contribution in [2.24, 2.45) is 0 Å². The zero-order valence-corrected chi connectivity index (χ0v) is 16.2. The maximum absolute atomic E-state index is 10.4. The van der Waals surface area contributed by atoms with Crippen molar-refractivity contribution in [2.75, 3.05) is 20.8 Å². The lowest BCUT2D eigenvalue weighted by atomic mass is 9.87. The lowest BCUT2D eigenvalue weighted by Gasteiger charge is -2.29. The van der Waals surface area contributed by atoms with Crippen molar-refractivity contribution in [2.45, 2.75) is 32.6 Å². The van der Waals surface area contributed by atoms with Crippen molar-refractivity contribution in [1.29, 1.82) is 0 Å². The fraction of sp³-hybridized carbons (Fsp3) is 0.364. The van der Waals surface area contributed by atoms with Gasteiger partial charge in [0, 0.05) is 34.7 Å². The molecule has 0 amide bonds. The third-order valence-corrected chi connectivity index (χ3v) is 4.89. The van der Waals surface area contributed by atoms with Crippen LogP contribution in [0.25, 0.3) is 0 Å². The molecule has 5 nitrogen and oxygen atoms in total. The first-order chi connectivity index (χ1) is 12.9. The van der Waals surface area contributed by atoms with Crippen molar-refractivity contribution in [3.63, 3.8) is 0 Å². The monoisotopic (exact) mass is 370 g/mol. The summed E-state index contributed by atoms with van der Waals surface area (Å²) in [6, 6.07) is 6.81. The Morgan fingerprint density at radius 1 is 1.19 bits per heavy atom. The molecule has 1 aliphatic heterocycles. The lowest BCUT2D eigenvalue weighted by molar-refractivity contribution is 0.252. The number of hydrogen-bond donors (Lipinski definition) is 2. The Bertz CT molecular complexity index is 865. The molecule has 3 rings (SSSR count). The van der Waals surface area contributed by atoms with Crippen LogP contribution in [0.2, 0.25) is 0 Å². The molecule has 5 heteroatoms. The number of methoxy groups -OCH3 is 2. The zero-order chi connectivity index (χ0) is 19.6. The fourth-order valence-corrected chi connectivity index (χ4v) is 3.51. The molecular weight excluding hydrogens is 344 g/mol. The standard InChI is InChI=1S/C22H26O5/c1-13(2)5-7-17-19(24)11-21-18(22(17)26-4)9-14(12-27-21)16-8-6-15(23)10-20(16)25-3/h5-6,8,10-11,14,23-24H,7,9,12H2,1-4H3. The van der Waals surface area contributed by atoms with Crippen LogP contribution in [-0.2, 0) is 12.8 Å². The van der Waals surface area contributed by atoms with Gasteiger partial charge in [-0.1, -0.05) is 17.7 Å². The molecule has 0 aromatic heterocycles. The molecule has 0 aliphatic carbocycles. The first-order valence-corrected chi connectivity index (χ1v) is 8.99. The Morgan fingerprint density at radius 3 is 2.63 bits per heavy atom. The maximum atomic E-state index is 10.4. The van der Waals surface area contributed by atoms with E-state index in [0.717, 1.165) is 16.7 Å². The zero-order valence-electron chi connectivity index (χ0n) is 16.2. The van der Waals surface area contributed by atoms with Gasteiger partial charge in [-0.25, -0.2) is 0 Å². The van der Waals surface area contributed by atoms with E-state index >= 15 is 0 Å². The number of fused-ring (bicyclic) bond motifs is 1. The summed E-state index contributed by atoms with van der Waals surface area (Å²) in [5, 5.41) is 20.2. The summed E-state index contributed by atoms with van der Waals surface area (Å²) in [5.41, 5.74) is 3.86. The SMILES string of the molecule is COc1cc(O)ccc1C1COc2cc(O)c(CC=C(C)C)c(OC)c2C1. The number of hydrogen-bond acceptors (Lipinski definition) is 5. The second-order valence-electron chi connectivity index (χ2n) is 7.01. The Kier molecular flexibility index (Phi) is 5.49. The second kappa shape index (κ2) is 7.82. The molecular formula is C22H26O5. The van der Waals surface area contributed by atoms with Crippen molar-refractivity contribution in [3.05, 3.63) is 52.6 Å². The summed E-state index contributed by atoms with van der Waals surface area (Å²) in [6.07, 6.45) is 3.35. The predicted molar refractivity (Wildman–Crippen MR) is 104 cm³/mol. The summed E-state index contributed by atoms with van der Waals surface area (Å²) in [4.78, 5) is 0. The molecule has 1 aliphatic rings. The number of ether oxygens (including phenoxy) is 3. The molecule has 1 unspecified atom stereocenters. The third kappa shape index (κ3) is 3.82. The normalized spacial score (nSPS) is 15.5. The van der Waals surface area contributed by atoms with Crippen LogP contribution >= 0.6 is 0 Å². The van der Waals surface area contributed by atoms with E-state index in [0.29, 0.717) is 36.7 Å². The van der Waals surface area contributed by atoms with Crippen molar-refractivity contribution in [1.82, 2.24) is 0 Å². The highest BCUT2D eigenvalue weighted by Gasteiger charge is 2.29. The molecule has 2 aromatic carbocycles. The van der Waals surface area contributed by atoms with Gasteiger partial charge in [-0.2, -0.15) is 0 Å². The Hall–Kier alpha value is -2.82. The van der Waals surface area contributed by atoms with Crippen LogP contribution in [0.15, 0.2) is 35.9 Å². The van der Waals surface area contributed by atoms with E-state index in [1.165, 1.54) is 5.57 Å². The van der Waals surface area contributed by atoms with E-state index in [1.54, 1.807) is 32.4 Å². The molecule has 2 aromatic rings. The Labute approximate surface area is 159 Å². The molecule has 1 heterocycles. The Balaban J connectivity index is 2.01. The molecule has 1 atom stereocenters. The number of rotatable bonds is 5. The summed E-state index contributed by atoms with van der Waals surface area (Å²) in [7, 11) is 3.21. The van der Waals surface area contributed by atoms with E-state index < -0.39 is 0 Å². The van der Waals surface area contributed by atoms with Gasteiger partial charge in [-0.15, -0.1) is 0 Å². The average molecular weight is 370 g/mol. The Morgan fingerprint density at radius 2 is 1.96 bits per heavy atom. The van der Waals surface area contributed by atoms with Crippen LogP contribution < -0.4 is 14.2 Å². The largest absolute Gasteiger partial charge is 0.508 e. The van der Waals surface area contributed by atoms with Gasteiger partial charge in [0.05, 0.1) is 20.8 Å². The molecule has 27 heavy (non-hydrogen) atoms. The molecule has 0 saturated heterocycles. The van der Waals surface area contributed by atoms with E-state index in [2.05, 4.69) is 6.08 Å². The van der Waals surface area contributed by atoms with Crippen LogP contribution in [0.4, 0.5) is 0 Å². The summed E-state index contributed by atoms with van der Waals surface area (Å²) in [5.74, 6) is 2.37. The van der Waals surface area contributed by atoms with Gasteiger partial charge in [-0.3, -0.25) is 0 Å². The predicted octanol–water partition coefficient (Wildman–Crippen LogP) is 4.34. The molecule has 144 valence electrons. The van der Waals surface area contributed by atoms with Gasteiger partial charge >= 0.3 is 0 Å². The first-order valence-electron chi connectivity index (χ1n) is 8.99. The number of phenolic OH excluding ortho intramolecular Hbond substituents is 2. The second-order valence-corrected chi connectivity index (χ2v) is 7.01. The van der Waals surface area contributed by atoms with Crippen molar-refractivity contribution >= 4 is 0 Å².